The normalized spacial score (nSPS) is 14.1. The Labute approximate surface area is 423 Å². The Morgan fingerprint density at radius 1 is 0.472 bits per heavy atom. The van der Waals surface area contributed by atoms with Gasteiger partial charge in [-0.1, -0.05) is 152 Å². The van der Waals surface area contributed by atoms with Crippen LogP contribution in [0.3, 0.4) is 0 Å². The van der Waals surface area contributed by atoms with Gasteiger partial charge in [0.1, 0.15) is 11.2 Å². The molecule has 6 aromatic carbocycles. The highest BCUT2D eigenvalue weighted by atomic mass is 32.2. The van der Waals surface area contributed by atoms with Gasteiger partial charge in [0.2, 0.25) is 23.5 Å². The number of hydrogen-bond acceptors (Lipinski definition) is 13. The van der Waals surface area contributed by atoms with E-state index in [1.165, 1.54) is 24.3 Å². The first-order valence-electron chi connectivity index (χ1n) is 23.3. The lowest BCUT2D eigenvalue weighted by molar-refractivity contribution is -0.146. The first-order chi connectivity index (χ1) is 34.9. The number of fused-ring (bicyclic) bond motifs is 4. The Morgan fingerprint density at radius 3 is 1.08 bits per heavy atom. The number of benzene rings is 6. The molecule has 0 aliphatic carbocycles. The molecule has 8 aromatic rings. The van der Waals surface area contributed by atoms with E-state index in [-0.39, 0.29) is 32.7 Å². The number of ether oxygens (including phenoxy) is 2. The predicted molar refractivity (Wildman–Crippen MR) is 269 cm³/mol. The van der Waals surface area contributed by atoms with Gasteiger partial charge in [-0.25, -0.2) is 9.59 Å². The molecule has 0 radical (unpaired) electrons. The number of hydrogen-bond donors (Lipinski definition) is 5. The standard InChI is InChI=1S/C57H50N2O11S2/c1-55(34-60,35-67-56(41-10-2-6-14-45(41)71-46-15-7-3-11-42(46)56)39-24-18-37(19-25-39)22-32-53(65)69-58-49(61)28-29-50(58)62)36-68-57(43-12-4-8-16-47(43)72-48-17-9-5-13-44(48)57)40-26-20-38(21-27-40)23-33-54(66)70-59-51(63)30-31-52(59)64/h2-21,24-31,60-64H,22-23,32-36H2,1H3. The molecule has 0 bridgehead atoms. The van der Waals surface area contributed by atoms with Crippen LogP contribution in [0, 0.1) is 5.41 Å². The second-order valence-electron chi connectivity index (χ2n) is 18.1. The van der Waals surface area contributed by atoms with E-state index >= 15 is 0 Å². The quantitative estimate of drug-likeness (QED) is 0.0582. The summed E-state index contributed by atoms with van der Waals surface area (Å²) in [5.74, 6) is -2.84. The number of carbonyl (C=O) groups is 2. The molecule has 2 aliphatic rings. The zero-order valence-electron chi connectivity index (χ0n) is 39.0. The fourth-order valence-corrected chi connectivity index (χ4v) is 11.6. The molecule has 10 rings (SSSR count). The highest BCUT2D eigenvalue weighted by molar-refractivity contribution is 7.99. The van der Waals surface area contributed by atoms with Crippen LogP contribution in [0.1, 0.15) is 64.3 Å². The number of aromatic nitrogens is 2. The topological polar surface area (TPSA) is 182 Å². The number of aliphatic hydroxyl groups is 1. The first kappa shape index (κ1) is 48.2. The fourth-order valence-electron chi connectivity index (χ4n) is 9.30. The Balaban J connectivity index is 0.959. The molecule has 15 heteroatoms. The fraction of sp³-hybridized carbons (Fsp3) is 0.193. The van der Waals surface area contributed by atoms with Crippen LogP contribution in [0.4, 0.5) is 0 Å². The molecule has 0 amide bonds. The Kier molecular flexibility index (Phi) is 13.4. The van der Waals surface area contributed by atoms with Crippen LogP contribution >= 0.6 is 23.5 Å². The third-order valence-electron chi connectivity index (χ3n) is 13.1. The Hall–Kier alpha value is -7.40. The van der Waals surface area contributed by atoms with Gasteiger partial charge in [0.15, 0.2) is 0 Å². The second kappa shape index (κ2) is 20.0. The zero-order valence-corrected chi connectivity index (χ0v) is 40.6. The van der Waals surface area contributed by atoms with E-state index in [4.69, 9.17) is 19.1 Å². The van der Waals surface area contributed by atoms with E-state index in [1.54, 1.807) is 23.5 Å². The zero-order chi connectivity index (χ0) is 50.0. The highest BCUT2D eigenvalue weighted by Crippen LogP contribution is 2.55. The van der Waals surface area contributed by atoms with Crippen LogP contribution in [0.5, 0.6) is 23.5 Å². The molecule has 0 spiro atoms. The van der Waals surface area contributed by atoms with Crippen molar-refractivity contribution in [2.45, 2.75) is 63.4 Å². The average Bonchev–Trinajstić information content (AvgIpc) is 3.90. The number of aromatic hydroxyl groups is 4. The molecular formula is C57H50N2O11S2. The lowest BCUT2D eigenvalue weighted by atomic mass is 9.78. The van der Waals surface area contributed by atoms with Gasteiger partial charge in [-0.2, -0.15) is 0 Å². The molecule has 13 nitrogen and oxygen atoms in total. The maximum Gasteiger partial charge on any atom is 0.333 e. The van der Waals surface area contributed by atoms with Gasteiger partial charge in [0, 0.05) is 71.5 Å². The number of aryl methyl sites for hydroxylation is 2. The van der Waals surface area contributed by atoms with Crippen molar-refractivity contribution < 1.29 is 54.3 Å². The molecule has 366 valence electrons. The van der Waals surface area contributed by atoms with Crippen molar-refractivity contribution >= 4 is 35.5 Å². The predicted octanol–water partition coefficient (Wildman–Crippen LogP) is 9.53. The SMILES string of the molecule is CC(CO)(COC1(c2ccc(CCC(=O)On3c(O)ccc3O)cc2)c2ccccc2Sc2ccccc21)COC1(c2ccc(CCC(=O)On3c(O)ccc3O)cc2)c2ccccc2Sc2ccccc21. The van der Waals surface area contributed by atoms with Crippen LogP contribution in [0.25, 0.3) is 0 Å². The van der Waals surface area contributed by atoms with Gasteiger partial charge in [-0.15, -0.1) is 9.46 Å². The van der Waals surface area contributed by atoms with Crippen molar-refractivity contribution in [2.24, 2.45) is 5.41 Å². The molecule has 0 atom stereocenters. The van der Waals surface area contributed by atoms with Crippen molar-refractivity contribution in [1.29, 1.82) is 0 Å². The van der Waals surface area contributed by atoms with Crippen LogP contribution < -0.4 is 9.68 Å². The molecule has 0 fully saturated rings. The molecule has 72 heavy (non-hydrogen) atoms. The van der Waals surface area contributed by atoms with E-state index in [0.29, 0.717) is 22.3 Å². The van der Waals surface area contributed by atoms with Gasteiger partial charge in [0.05, 0.1) is 32.7 Å². The minimum Gasteiger partial charge on any atom is -0.492 e. The van der Waals surface area contributed by atoms with Crippen LogP contribution in [0.15, 0.2) is 189 Å². The second-order valence-corrected chi connectivity index (χ2v) is 20.3. The van der Waals surface area contributed by atoms with Gasteiger partial charge >= 0.3 is 11.9 Å². The van der Waals surface area contributed by atoms with Gasteiger partial charge in [-0.05, 0) is 59.4 Å². The van der Waals surface area contributed by atoms with E-state index in [1.807, 2.05) is 104 Å². The Morgan fingerprint density at radius 2 is 0.778 bits per heavy atom. The minimum absolute atomic E-state index is 0.0141. The lowest BCUT2D eigenvalue weighted by Crippen LogP contribution is -2.44. The number of rotatable bonds is 17. The summed E-state index contributed by atoms with van der Waals surface area (Å²) in [5, 5.41) is 51.4. The third kappa shape index (κ3) is 9.10. The van der Waals surface area contributed by atoms with Gasteiger partial charge in [0.25, 0.3) is 0 Å². The van der Waals surface area contributed by atoms with E-state index < -0.39 is 52.1 Å². The minimum atomic E-state index is -1.14. The summed E-state index contributed by atoms with van der Waals surface area (Å²) in [6, 6.07) is 53.4. The van der Waals surface area contributed by atoms with Gasteiger partial charge in [-0.3, -0.25) is 0 Å². The molecule has 4 heterocycles. The van der Waals surface area contributed by atoms with Gasteiger partial charge < -0.3 is 44.7 Å². The van der Waals surface area contributed by atoms with Crippen molar-refractivity contribution in [3.05, 3.63) is 214 Å². The smallest absolute Gasteiger partial charge is 0.333 e. The Bertz CT molecular complexity index is 2930. The molecule has 0 saturated carbocycles. The number of aliphatic hydroxyl groups excluding tert-OH is 1. The molecule has 0 saturated heterocycles. The average molecular weight is 1000 g/mol. The lowest BCUT2D eigenvalue weighted by Gasteiger charge is -2.45. The summed E-state index contributed by atoms with van der Waals surface area (Å²) in [5.41, 5.74) is 3.90. The van der Waals surface area contributed by atoms with Crippen molar-refractivity contribution in [3.63, 3.8) is 0 Å². The van der Waals surface area contributed by atoms with E-state index in [2.05, 4.69) is 48.5 Å². The summed E-state index contributed by atoms with van der Waals surface area (Å²) in [7, 11) is 0. The summed E-state index contributed by atoms with van der Waals surface area (Å²) in [4.78, 5) is 40.0. The van der Waals surface area contributed by atoms with E-state index in [0.717, 1.165) is 64.1 Å². The monoisotopic (exact) mass is 1000 g/mol. The molecule has 5 N–H and O–H groups in total. The molecule has 2 aliphatic heterocycles. The number of nitrogens with zero attached hydrogens (tertiary/aromatic N) is 2. The van der Waals surface area contributed by atoms with Crippen LogP contribution in [0.2, 0.25) is 0 Å². The maximum absolute atomic E-state index is 12.8. The van der Waals surface area contributed by atoms with Crippen molar-refractivity contribution in [2.75, 3.05) is 19.8 Å². The first-order valence-corrected chi connectivity index (χ1v) is 25.0. The molecular weight excluding hydrogens is 953 g/mol. The van der Waals surface area contributed by atoms with Crippen molar-refractivity contribution in [3.8, 4) is 23.5 Å². The van der Waals surface area contributed by atoms with E-state index in [9.17, 15) is 35.1 Å². The summed E-state index contributed by atoms with van der Waals surface area (Å²) in [6.07, 6.45) is 0.630. The van der Waals surface area contributed by atoms with Crippen LogP contribution in [-0.2, 0) is 43.1 Å². The summed E-state index contributed by atoms with van der Waals surface area (Å²) >= 11 is 3.34. The molecule has 0 unspecified atom stereocenters. The molecule has 2 aromatic heterocycles. The summed E-state index contributed by atoms with van der Waals surface area (Å²) < 4.78 is 16.3. The third-order valence-corrected chi connectivity index (χ3v) is 15.4. The van der Waals surface area contributed by atoms with Crippen LogP contribution in [-0.4, -0.2) is 66.8 Å². The maximum atomic E-state index is 12.8. The largest absolute Gasteiger partial charge is 0.492 e. The number of carbonyl (C=O) groups excluding carboxylic acids is 2. The van der Waals surface area contributed by atoms with Crippen molar-refractivity contribution in [1.82, 2.24) is 9.46 Å². The summed E-state index contributed by atoms with van der Waals surface area (Å²) in [6.45, 7) is 1.80. The highest BCUT2D eigenvalue weighted by Gasteiger charge is 2.48.